The molecule has 4 rings (SSSR count). The van der Waals surface area contributed by atoms with Gasteiger partial charge in [0, 0.05) is 30.3 Å². The average molecular weight is 565 g/mol. The molecule has 9 heteroatoms. The Bertz CT molecular complexity index is 1180. The number of halogens is 2. The van der Waals surface area contributed by atoms with E-state index in [4.69, 9.17) is 16.3 Å². The maximum atomic E-state index is 15.5. The Labute approximate surface area is 231 Å². The second-order valence-corrected chi connectivity index (χ2v) is 12.7. The summed E-state index contributed by atoms with van der Waals surface area (Å²) in [6, 6.07) is 11.3. The highest BCUT2D eigenvalue weighted by Gasteiger charge is 2.30. The van der Waals surface area contributed by atoms with Gasteiger partial charge in [0.05, 0.1) is 21.2 Å². The lowest BCUT2D eigenvalue weighted by Crippen LogP contribution is -2.41. The third-order valence-corrected chi connectivity index (χ3v) is 9.77. The van der Waals surface area contributed by atoms with Gasteiger partial charge in [0.25, 0.3) is 0 Å². The van der Waals surface area contributed by atoms with Crippen LogP contribution in [-0.2, 0) is 4.79 Å². The number of hydrogen-bond acceptors (Lipinski definition) is 6. The number of aromatic nitrogens is 1. The Hall–Kier alpha value is -1.87. The number of thioether (sulfide) groups is 1. The molecule has 3 aromatic rings. The molecule has 0 bridgehead atoms. The Morgan fingerprint density at radius 1 is 1.30 bits per heavy atom. The van der Waals surface area contributed by atoms with Crippen molar-refractivity contribution in [3.63, 3.8) is 0 Å². The van der Waals surface area contributed by atoms with E-state index in [0.29, 0.717) is 30.1 Å². The normalized spacial score (nSPS) is 19.2. The largest absolute Gasteiger partial charge is 0.497 e. The minimum Gasteiger partial charge on any atom is -0.497 e. The summed E-state index contributed by atoms with van der Waals surface area (Å²) in [5.41, 5.74) is 1.40. The first-order chi connectivity index (χ1) is 17.9. The highest BCUT2D eigenvalue weighted by atomic mass is 35.5. The zero-order chi connectivity index (χ0) is 26.2. The molecule has 1 aromatic carbocycles. The molecule has 5 nitrogen and oxygen atoms in total. The van der Waals surface area contributed by atoms with Gasteiger partial charge in [-0.2, -0.15) is 0 Å². The minimum atomic E-state index is -1.10. The Balaban J connectivity index is 1.32. The number of hydrogen-bond donors (Lipinski definition) is 1. The zero-order valence-corrected chi connectivity index (χ0v) is 23.5. The van der Waals surface area contributed by atoms with Gasteiger partial charge in [-0.1, -0.05) is 11.6 Å². The summed E-state index contributed by atoms with van der Waals surface area (Å²) in [4.78, 5) is 18.1. The lowest BCUT2D eigenvalue weighted by atomic mass is 9.79. The van der Waals surface area contributed by atoms with Crippen molar-refractivity contribution in [1.29, 1.82) is 0 Å². The molecule has 0 amide bonds. The molecule has 0 spiro atoms. The Morgan fingerprint density at radius 3 is 2.92 bits per heavy atom. The van der Waals surface area contributed by atoms with E-state index in [2.05, 4.69) is 16.0 Å². The maximum absolute atomic E-state index is 15.5. The number of pyridine rings is 1. The topological polar surface area (TPSA) is 62.7 Å². The van der Waals surface area contributed by atoms with Gasteiger partial charge in [0.15, 0.2) is 0 Å². The maximum Gasteiger partial charge on any atom is 0.303 e. The van der Waals surface area contributed by atoms with Gasteiger partial charge in [-0.15, -0.1) is 23.1 Å². The summed E-state index contributed by atoms with van der Waals surface area (Å²) in [6.45, 7) is 2.87. The average Bonchev–Trinajstić information content (AvgIpc) is 3.33. The van der Waals surface area contributed by atoms with Crippen molar-refractivity contribution in [3.05, 3.63) is 52.5 Å². The first-order valence-corrected chi connectivity index (χ1v) is 15.0. The van der Waals surface area contributed by atoms with Crippen LogP contribution in [0.2, 0.25) is 4.34 Å². The van der Waals surface area contributed by atoms with Crippen molar-refractivity contribution in [2.45, 2.75) is 48.9 Å². The molecule has 0 aliphatic carbocycles. The van der Waals surface area contributed by atoms with Crippen LogP contribution in [0.5, 0.6) is 5.75 Å². The summed E-state index contributed by atoms with van der Waals surface area (Å²) >= 11 is 9.46. The van der Waals surface area contributed by atoms with Gasteiger partial charge < -0.3 is 14.7 Å². The number of likely N-dealkylation sites (tertiary alicyclic amines) is 1. The zero-order valence-electron chi connectivity index (χ0n) is 21.1. The first kappa shape index (κ1) is 28.1. The number of aliphatic carboxylic acids is 1. The molecule has 0 unspecified atom stereocenters. The molecule has 0 saturated carbocycles. The van der Waals surface area contributed by atoms with E-state index in [1.54, 1.807) is 30.7 Å². The van der Waals surface area contributed by atoms with E-state index in [1.165, 1.54) is 4.21 Å². The summed E-state index contributed by atoms with van der Waals surface area (Å²) < 4.78 is 22.9. The Morgan fingerprint density at radius 2 is 2.16 bits per heavy atom. The van der Waals surface area contributed by atoms with Gasteiger partial charge >= 0.3 is 5.97 Å². The molecule has 1 aliphatic heterocycles. The molecule has 3 atom stereocenters. The third kappa shape index (κ3) is 8.06. The van der Waals surface area contributed by atoms with Crippen LogP contribution in [-0.4, -0.2) is 53.5 Å². The molecular weight excluding hydrogens is 531 g/mol. The van der Waals surface area contributed by atoms with Crippen molar-refractivity contribution < 1.29 is 19.0 Å². The van der Waals surface area contributed by atoms with Gasteiger partial charge in [0.1, 0.15) is 11.9 Å². The number of benzene rings is 1. The number of methoxy groups -OCH3 is 1. The monoisotopic (exact) mass is 564 g/mol. The van der Waals surface area contributed by atoms with Crippen LogP contribution in [0.3, 0.4) is 0 Å². The van der Waals surface area contributed by atoms with Crippen molar-refractivity contribution in [3.8, 4) is 5.75 Å². The highest BCUT2D eigenvalue weighted by molar-refractivity contribution is 8.01. The van der Waals surface area contributed by atoms with Crippen LogP contribution in [0.25, 0.3) is 10.9 Å². The number of rotatable bonds is 13. The Kier molecular flexibility index (Phi) is 10.5. The van der Waals surface area contributed by atoms with Crippen LogP contribution in [0.1, 0.15) is 50.3 Å². The van der Waals surface area contributed by atoms with Crippen molar-refractivity contribution in [2.75, 3.05) is 32.5 Å². The van der Waals surface area contributed by atoms with Gasteiger partial charge in [-0.05, 0) is 99.0 Å². The third-order valence-electron chi connectivity index (χ3n) is 7.23. The SMILES string of the molecule is COc1ccc2nccc([C@H](F)CC[C@@H]3CCN(CCCSc4ccc(Cl)s4)C[C@H]3CCC(=O)O)c2c1. The van der Waals surface area contributed by atoms with Crippen LogP contribution in [0, 0.1) is 11.8 Å². The quantitative estimate of drug-likeness (QED) is 0.169. The lowest BCUT2D eigenvalue weighted by molar-refractivity contribution is -0.137. The summed E-state index contributed by atoms with van der Waals surface area (Å²) in [6.07, 6.45) is 4.60. The second kappa shape index (κ2) is 13.8. The molecule has 37 heavy (non-hydrogen) atoms. The van der Waals surface area contributed by atoms with Crippen LogP contribution in [0.4, 0.5) is 4.39 Å². The molecule has 1 fully saturated rings. The van der Waals surface area contributed by atoms with Crippen molar-refractivity contribution in [2.24, 2.45) is 11.8 Å². The smallest absolute Gasteiger partial charge is 0.303 e. The summed E-state index contributed by atoms with van der Waals surface area (Å²) in [7, 11) is 1.60. The van der Waals surface area contributed by atoms with E-state index in [9.17, 15) is 9.90 Å². The number of thiophene rings is 1. The molecule has 1 aliphatic rings. The van der Waals surface area contributed by atoms with E-state index in [-0.39, 0.29) is 12.3 Å². The highest BCUT2D eigenvalue weighted by Crippen LogP contribution is 2.37. The fourth-order valence-corrected chi connectivity index (χ4v) is 7.58. The van der Waals surface area contributed by atoms with Gasteiger partial charge in [-0.25, -0.2) is 4.39 Å². The van der Waals surface area contributed by atoms with Crippen molar-refractivity contribution in [1.82, 2.24) is 9.88 Å². The van der Waals surface area contributed by atoms with Gasteiger partial charge in [-0.3, -0.25) is 9.78 Å². The van der Waals surface area contributed by atoms with E-state index in [1.807, 2.05) is 36.0 Å². The minimum absolute atomic E-state index is 0.165. The number of nitrogens with zero attached hydrogens (tertiary/aromatic N) is 2. The molecule has 0 radical (unpaired) electrons. The van der Waals surface area contributed by atoms with E-state index >= 15 is 4.39 Å². The number of carbonyl (C=O) groups is 1. The second-order valence-electron chi connectivity index (χ2n) is 9.63. The van der Waals surface area contributed by atoms with Crippen LogP contribution < -0.4 is 4.74 Å². The molecule has 200 valence electrons. The number of carboxylic acids is 1. The van der Waals surface area contributed by atoms with Crippen LogP contribution in [0.15, 0.2) is 46.8 Å². The standard InChI is InChI=1S/C28H34ClFN2O3S2/c1-35-21-5-7-25-23(17-21)22(11-13-31-25)24(30)6-3-19-12-15-32(18-20(19)4-9-27(33)34)14-2-16-36-28-10-8-26(29)37-28/h5,7-8,10-11,13,17,19-20,24H,2-4,6,9,12,14-16,18H2,1H3,(H,33,34)/t19-,20-,24-/m1/s1. The molecule has 3 heterocycles. The summed E-state index contributed by atoms with van der Waals surface area (Å²) in [5.74, 6) is 1.56. The van der Waals surface area contributed by atoms with E-state index < -0.39 is 12.1 Å². The van der Waals surface area contributed by atoms with Crippen LogP contribution >= 0.6 is 34.7 Å². The molecular formula is C28H34ClFN2O3S2. The fourth-order valence-electron chi connectivity index (χ4n) is 5.27. The molecule has 2 aromatic heterocycles. The predicted octanol–water partition coefficient (Wildman–Crippen LogP) is 7.73. The number of ether oxygens (including phenoxy) is 1. The number of fused-ring (bicyclic) bond motifs is 1. The predicted molar refractivity (Wildman–Crippen MR) is 151 cm³/mol. The van der Waals surface area contributed by atoms with E-state index in [0.717, 1.165) is 59.9 Å². The number of piperidine rings is 1. The molecule has 1 saturated heterocycles. The first-order valence-electron chi connectivity index (χ1n) is 12.8. The molecule has 1 N–H and O–H groups in total. The van der Waals surface area contributed by atoms with Crippen molar-refractivity contribution >= 4 is 51.6 Å². The number of alkyl halides is 1. The fraction of sp³-hybridized carbons (Fsp3) is 0.500. The van der Waals surface area contributed by atoms with Gasteiger partial charge in [0.2, 0.25) is 0 Å². The summed E-state index contributed by atoms with van der Waals surface area (Å²) in [5, 5.41) is 10.1. The lowest BCUT2D eigenvalue weighted by Gasteiger charge is -2.39. The number of carboxylic acid groups (broad SMARTS) is 1.